The highest BCUT2D eigenvalue weighted by atomic mass is 32.1. The van der Waals surface area contributed by atoms with Crippen LogP contribution in [0.3, 0.4) is 0 Å². The van der Waals surface area contributed by atoms with Crippen LogP contribution in [-0.2, 0) is 0 Å². The molecule has 0 bridgehead atoms. The second kappa shape index (κ2) is 11.4. The first kappa shape index (κ1) is 29.1. The molecule has 0 unspecified atom stereocenters. The summed E-state index contributed by atoms with van der Waals surface area (Å²) in [5.74, 6) is 1.85. The Balaban J connectivity index is 1.18. The molecule has 0 amide bonds. The molecule has 0 N–H and O–H groups in total. The van der Waals surface area contributed by atoms with E-state index in [9.17, 15) is 0 Å². The zero-order valence-corrected chi connectivity index (χ0v) is 28.6. The lowest BCUT2D eigenvalue weighted by molar-refractivity contribution is 0.669. The Hall–Kier alpha value is -6.69. The van der Waals surface area contributed by atoms with Gasteiger partial charge in [-0.3, -0.25) is 0 Å². The summed E-state index contributed by atoms with van der Waals surface area (Å²) in [6.45, 7) is 0. The van der Waals surface area contributed by atoms with Crippen molar-refractivity contribution in [2.45, 2.75) is 0 Å². The summed E-state index contributed by atoms with van der Waals surface area (Å²) in [4.78, 5) is 15.7. The SMILES string of the molecule is c1ccc2c(-c3nc(-c4ccc5c(c4)oc4ccccc45)nc(-c4cc(-c5cccc6c5sc5ccccc56)cc5ccccc45)n3)cccc2c1. The van der Waals surface area contributed by atoms with Crippen molar-refractivity contribution < 1.29 is 4.42 Å². The predicted molar refractivity (Wildman–Crippen MR) is 217 cm³/mol. The number of furan rings is 1. The van der Waals surface area contributed by atoms with Gasteiger partial charge in [0, 0.05) is 47.6 Å². The summed E-state index contributed by atoms with van der Waals surface area (Å²) in [5.41, 5.74) is 6.78. The molecule has 0 spiro atoms. The highest BCUT2D eigenvalue weighted by Gasteiger charge is 2.19. The van der Waals surface area contributed by atoms with Gasteiger partial charge < -0.3 is 4.42 Å². The van der Waals surface area contributed by atoms with Crippen LogP contribution in [-0.4, -0.2) is 15.0 Å². The van der Waals surface area contributed by atoms with Crippen LogP contribution < -0.4 is 0 Å². The van der Waals surface area contributed by atoms with Gasteiger partial charge in [0.2, 0.25) is 0 Å². The summed E-state index contributed by atoms with van der Waals surface area (Å²) >= 11 is 1.84. The third-order valence-electron chi connectivity index (χ3n) is 10.1. The molecule has 0 aliphatic carbocycles. The molecule has 0 fully saturated rings. The predicted octanol–water partition coefficient (Wildman–Crippen LogP) is 13.1. The zero-order valence-electron chi connectivity index (χ0n) is 27.7. The maximum absolute atomic E-state index is 6.31. The molecule has 0 saturated heterocycles. The van der Waals surface area contributed by atoms with E-state index in [4.69, 9.17) is 19.4 Å². The number of para-hydroxylation sites is 1. The Bertz CT molecular complexity index is 3210. The number of nitrogens with zero attached hydrogens (tertiary/aromatic N) is 3. The van der Waals surface area contributed by atoms with Crippen molar-refractivity contribution in [1.29, 1.82) is 0 Å². The molecule has 0 saturated carbocycles. The third kappa shape index (κ3) is 4.57. The molecular weight excluding hydrogens is 655 g/mol. The van der Waals surface area contributed by atoms with Gasteiger partial charge in [0.25, 0.3) is 0 Å². The normalized spacial score (nSPS) is 11.8. The van der Waals surface area contributed by atoms with E-state index in [0.29, 0.717) is 17.5 Å². The lowest BCUT2D eigenvalue weighted by atomic mass is 9.95. The van der Waals surface area contributed by atoms with Gasteiger partial charge in [-0.05, 0) is 69.1 Å². The highest BCUT2D eigenvalue weighted by molar-refractivity contribution is 7.26. The van der Waals surface area contributed by atoms with Crippen molar-refractivity contribution in [3.8, 4) is 45.3 Å². The largest absolute Gasteiger partial charge is 0.456 e. The summed E-state index contributed by atoms with van der Waals surface area (Å²) in [7, 11) is 0. The fraction of sp³-hybridized carbons (Fsp3) is 0. The van der Waals surface area contributed by atoms with E-state index < -0.39 is 0 Å². The van der Waals surface area contributed by atoms with Crippen LogP contribution in [0, 0.1) is 0 Å². The van der Waals surface area contributed by atoms with E-state index in [2.05, 4.69) is 146 Å². The minimum absolute atomic E-state index is 0.594. The minimum Gasteiger partial charge on any atom is -0.456 e. The Morgan fingerprint density at radius 1 is 0.365 bits per heavy atom. The molecule has 0 aliphatic heterocycles. The van der Waals surface area contributed by atoms with Crippen molar-refractivity contribution in [3.05, 3.63) is 164 Å². The molecule has 3 heterocycles. The standard InChI is InChI=1S/C47H27N3OS/c1-3-14-32-28(11-1)13-9-20-39(32)46-48-45(30-23-24-36-35-16-5-7-21-41(35)51-42(36)27-30)49-47(50-46)40-26-31(25-29-12-2-4-15-33(29)40)34-18-10-19-38-37-17-6-8-22-43(37)52-44(34)38/h1-27H. The van der Waals surface area contributed by atoms with Gasteiger partial charge >= 0.3 is 0 Å². The highest BCUT2D eigenvalue weighted by Crippen LogP contribution is 2.42. The van der Waals surface area contributed by atoms with E-state index in [1.807, 2.05) is 29.5 Å². The van der Waals surface area contributed by atoms with Gasteiger partial charge in [-0.15, -0.1) is 11.3 Å². The molecule has 0 aliphatic rings. The van der Waals surface area contributed by atoms with Gasteiger partial charge in [-0.25, -0.2) is 15.0 Å². The van der Waals surface area contributed by atoms with Crippen LogP contribution in [0.5, 0.6) is 0 Å². The number of aromatic nitrogens is 3. The number of fused-ring (bicyclic) bond motifs is 8. The molecule has 52 heavy (non-hydrogen) atoms. The first-order valence-electron chi connectivity index (χ1n) is 17.3. The van der Waals surface area contributed by atoms with Crippen LogP contribution in [0.2, 0.25) is 0 Å². The number of thiophene rings is 1. The van der Waals surface area contributed by atoms with E-state index >= 15 is 0 Å². The summed E-state index contributed by atoms with van der Waals surface area (Å²) < 4.78 is 8.87. The first-order chi connectivity index (χ1) is 25.7. The Labute approximate surface area is 302 Å². The molecule has 242 valence electrons. The summed E-state index contributed by atoms with van der Waals surface area (Å²) in [6.07, 6.45) is 0. The molecule has 5 heteroatoms. The van der Waals surface area contributed by atoms with Crippen molar-refractivity contribution in [3.63, 3.8) is 0 Å². The monoisotopic (exact) mass is 681 g/mol. The maximum atomic E-state index is 6.31. The van der Waals surface area contributed by atoms with E-state index in [-0.39, 0.29) is 0 Å². The van der Waals surface area contributed by atoms with Gasteiger partial charge in [0.05, 0.1) is 0 Å². The fourth-order valence-electron chi connectivity index (χ4n) is 7.66. The number of hydrogen-bond acceptors (Lipinski definition) is 5. The molecule has 0 atom stereocenters. The second-order valence-electron chi connectivity index (χ2n) is 13.2. The van der Waals surface area contributed by atoms with Gasteiger partial charge in [0.1, 0.15) is 11.2 Å². The maximum Gasteiger partial charge on any atom is 0.164 e. The number of rotatable bonds is 4. The van der Waals surface area contributed by atoms with E-state index in [1.54, 1.807) is 0 Å². The summed E-state index contributed by atoms with van der Waals surface area (Å²) in [6, 6.07) is 57.4. The molecule has 4 nitrogen and oxygen atoms in total. The molecule has 8 aromatic carbocycles. The molecule has 3 aromatic heterocycles. The van der Waals surface area contributed by atoms with Crippen molar-refractivity contribution in [1.82, 2.24) is 15.0 Å². The average Bonchev–Trinajstić information content (AvgIpc) is 3.78. The Morgan fingerprint density at radius 2 is 0.981 bits per heavy atom. The second-order valence-corrected chi connectivity index (χ2v) is 14.2. The van der Waals surface area contributed by atoms with Crippen LogP contribution >= 0.6 is 11.3 Å². The number of hydrogen-bond donors (Lipinski definition) is 0. The van der Waals surface area contributed by atoms with Crippen LogP contribution in [0.4, 0.5) is 0 Å². The molecule has 11 rings (SSSR count). The van der Waals surface area contributed by atoms with E-state index in [0.717, 1.165) is 65.7 Å². The fourth-order valence-corrected chi connectivity index (χ4v) is 8.90. The molecular formula is C47H27N3OS. The number of benzene rings is 8. The first-order valence-corrected chi connectivity index (χ1v) is 18.2. The lowest BCUT2D eigenvalue weighted by Crippen LogP contribution is -2.01. The van der Waals surface area contributed by atoms with Crippen molar-refractivity contribution >= 4 is 75.0 Å². The quantitative estimate of drug-likeness (QED) is 0.185. The van der Waals surface area contributed by atoms with Crippen molar-refractivity contribution in [2.24, 2.45) is 0 Å². The third-order valence-corrected chi connectivity index (χ3v) is 11.3. The minimum atomic E-state index is 0.594. The lowest BCUT2D eigenvalue weighted by Gasteiger charge is -2.14. The Kier molecular flexibility index (Phi) is 6.39. The van der Waals surface area contributed by atoms with Crippen molar-refractivity contribution in [2.75, 3.05) is 0 Å². The van der Waals surface area contributed by atoms with Crippen LogP contribution in [0.25, 0.3) is 109 Å². The average molecular weight is 682 g/mol. The van der Waals surface area contributed by atoms with Crippen LogP contribution in [0.15, 0.2) is 168 Å². The topological polar surface area (TPSA) is 51.8 Å². The van der Waals surface area contributed by atoms with Crippen LogP contribution in [0.1, 0.15) is 0 Å². The van der Waals surface area contributed by atoms with Gasteiger partial charge in [-0.2, -0.15) is 0 Å². The van der Waals surface area contributed by atoms with E-state index in [1.165, 1.54) is 25.7 Å². The Morgan fingerprint density at radius 3 is 1.87 bits per heavy atom. The van der Waals surface area contributed by atoms with Gasteiger partial charge in [-0.1, -0.05) is 127 Å². The smallest absolute Gasteiger partial charge is 0.164 e. The van der Waals surface area contributed by atoms with Gasteiger partial charge in [0.15, 0.2) is 17.5 Å². The zero-order chi connectivity index (χ0) is 34.2. The summed E-state index contributed by atoms with van der Waals surface area (Å²) in [5, 5.41) is 9.16. The molecule has 11 aromatic rings. The molecule has 0 radical (unpaired) electrons.